The number of carbonyl (C=O) groups excluding carboxylic acids is 1. The van der Waals surface area contributed by atoms with Crippen LogP contribution in [0.15, 0.2) is 78.9 Å². The Kier molecular flexibility index (Phi) is 6.10. The molecule has 0 atom stereocenters. The molecule has 0 unspecified atom stereocenters. The fraction of sp³-hybridized carbons (Fsp3) is 0.174. The molecule has 3 rings (SSSR count). The largest absolute Gasteiger partial charge is 0.489 e. The Labute approximate surface area is 160 Å². The van der Waals surface area contributed by atoms with Crippen LogP contribution in [-0.2, 0) is 13.2 Å². The molecule has 0 saturated carbocycles. The normalized spacial score (nSPS) is 10.3. The first kappa shape index (κ1) is 18.5. The van der Waals surface area contributed by atoms with Gasteiger partial charge in [0.25, 0.3) is 5.91 Å². The third-order valence-electron chi connectivity index (χ3n) is 4.25. The molecule has 138 valence electrons. The monoisotopic (exact) mass is 360 g/mol. The van der Waals surface area contributed by atoms with Crippen molar-refractivity contribution in [3.8, 4) is 5.75 Å². The van der Waals surface area contributed by atoms with Crippen molar-refractivity contribution in [2.75, 3.05) is 19.0 Å². The van der Waals surface area contributed by atoms with Gasteiger partial charge in [-0.05, 0) is 41.5 Å². The summed E-state index contributed by atoms with van der Waals surface area (Å²) in [7, 11) is 4.01. The number of amides is 1. The summed E-state index contributed by atoms with van der Waals surface area (Å²) in [6, 6.07) is 25.3. The topological polar surface area (TPSA) is 41.6 Å². The van der Waals surface area contributed by atoms with Crippen molar-refractivity contribution in [1.82, 2.24) is 5.32 Å². The summed E-state index contributed by atoms with van der Waals surface area (Å²) in [4.78, 5) is 14.5. The number of carbonyl (C=O) groups is 1. The molecule has 0 fully saturated rings. The van der Waals surface area contributed by atoms with Crippen molar-refractivity contribution in [2.45, 2.75) is 13.2 Å². The van der Waals surface area contributed by atoms with Crippen LogP contribution in [0.5, 0.6) is 5.75 Å². The smallest absolute Gasteiger partial charge is 0.251 e. The van der Waals surface area contributed by atoms with Crippen LogP contribution in [0, 0.1) is 0 Å². The third kappa shape index (κ3) is 5.35. The molecule has 0 saturated heterocycles. The molecular weight excluding hydrogens is 336 g/mol. The summed E-state index contributed by atoms with van der Waals surface area (Å²) in [5.74, 6) is 0.568. The predicted octanol–water partition coefficient (Wildman–Crippen LogP) is 4.26. The van der Waals surface area contributed by atoms with Gasteiger partial charge in [-0.2, -0.15) is 0 Å². The van der Waals surface area contributed by atoms with E-state index in [1.54, 1.807) is 12.1 Å². The summed E-state index contributed by atoms with van der Waals surface area (Å²) in [5, 5.41) is 2.96. The van der Waals surface area contributed by atoms with Gasteiger partial charge in [0.1, 0.15) is 12.4 Å². The lowest BCUT2D eigenvalue weighted by Crippen LogP contribution is -2.22. The standard InChI is InChI=1S/C23H24N2O2/c1-25(2)21-13-11-18(12-14-21)16-24-23(26)20-9-6-10-22(15-20)27-17-19-7-4-3-5-8-19/h3-15H,16-17H2,1-2H3,(H,24,26). The number of hydrogen-bond donors (Lipinski definition) is 1. The molecule has 0 bridgehead atoms. The Morgan fingerprint density at radius 3 is 2.33 bits per heavy atom. The number of anilines is 1. The van der Waals surface area contributed by atoms with Crippen molar-refractivity contribution in [2.24, 2.45) is 0 Å². The SMILES string of the molecule is CN(C)c1ccc(CNC(=O)c2cccc(OCc3ccccc3)c2)cc1. The van der Waals surface area contributed by atoms with Crippen molar-refractivity contribution in [1.29, 1.82) is 0 Å². The summed E-state index contributed by atoms with van der Waals surface area (Å²) in [5.41, 5.74) is 3.87. The van der Waals surface area contributed by atoms with E-state index in [9.17, 15) is 4.79 Å². The fourth-order valence-electron chi connectivity index (χ4n) is 2.66. The van der Waals surface area contributed by atoms with Crippen LogP contribution < -0.4 is 15.0 Å². The first-order valence-electron chi connectivity index (χ1n) is 8.93. The molecule has 0 aliphatic heterocycles. The number of hydrogen-bond acceptors (Lipinski definition) is 3. The van der Waals surface area contributed by atoms with Crippen molar-refractivity contribution in [3.05, 3.63) is 95.6 Å². The molecule has 4 nitrogen and oxygen atoms in total. The van der Waals surface area contributed by atoms with E-state index >= 15 is 0 Å². The lowest BCUT2D eigenvalue weighted by atomic mass is 10.1. The molecule has 0 aromatic heterocycles. The first-order chi connectivity index (χ1) is 13.1. The zero-order chi connectivity index (χ0) is 19.1. The second-order valence-corrected chi connectivity index (χ2v) is 6.55. The average molecular weight is 360 g/mol. The number of benzene rings is 3. The number of ether oxygens (including phenoxy) is 1. The minimum absolute atomic E-state index is 0.114. The summed E-state index contributed by atoms with van der Waals surface area (Å²) in [6.45, 7) is 0.964. The maximum Gasteiger partial charge on any atom is 0.251 e. The molecule has 0 spiro atoms. The Balaban J connectivity index is 1.56. The van der Waals surface area contributed by atoms with E-state index in [1.807, 2.05) is 85.7 Å². The third-order valence-corrected chi connectivity index (χ3v) is 4.25. The Hall–Kier alpha value is -3.27. The van der Waals surface area contributed by atoms with E-state index < -0.39 is 0 Å². The van der Waals surface area contributed by atoms with Gasteiger partial charge in [-0.3, -0.25) is 4.79 Å². The number of nitrogens with one attached hydrogen (secondary N) is 1. The highest BCUT2D eigenvalue weighted by atomic mass is 16.5. The van der Waals surface area contributed by atoms with E-state index in [0.717, 1.165) is 16.8 Å². The van der Waals surface area contributed by atoms with Gasteiger partial charge in [-0.15, -0.1) is 0 Å². The fourth-order valence-corrected chi connectivity index (χ4v) is 2.66. The second kappa shape index (κ2) is 8.90. The molecule has 1 N–H and O–H groups in total. The molecule has 3 aromatic rings. The quantitative estimate of drug-likeness (QED) is 0.684. The van der Waals surface area contributed by atoms with Crippen LogP contribution >= 0.6 is 0 Å². The first-order valence-corrected chi connectivity index (χ1v) is 8.93. The van der Waals surface area contributed by atoms with E-state index in [-0.39, 0.29) is 5.91 Å². The highest BCUT2D eigenvalue weighted by Gasteiger charge is 2.07. The average Bonchev–Trinajstić information content (AvgIpc) is 2.72. The molecule has 0 heterocycles. The van der Waals surface area contributed by atoms with E-state index in [1.165, 1.54) is 0 Å². The van der Waals surface area contributed by atoms with Crippen molar-refractivity contribution >= 4 is 11.6 Å². The molecular formula is C23H24N2O2. The predicted molar refractivity (Wildman–Crippen MR) is 109 cm³/mol. The van der Waals surface area contributed by atoms with E-state index in [2.05, 4.69) is 5.32 Å². The zero-order valence-electron chi connectivity index (χ0n) is 15.7. The van der Waals surface area contributed by atoms with Gasteiger partial charge in [0.05, 0.1) is 0 Å². The molecule has 1 amide bonds. The van der Waals surface area contributed by atoms with Gasteiger partial charge in [-0.1, -0.05) is 48.5 Å². The zero-order valence-corrected chi connectivity index (χ0v) is 15.7. The van der Waals surface area contributed by atoms with Gasteiger partial charge in [0, 0.05) is 31.9 Å². The van der Waals surface area contributed by atoms with Gasteiger partial charge >= 0.3 is 0 Å². The van der Waals surface area contributed by atoms with Gasteiger partial charge in [0.2, 0.25) is 0 Å². The van der Waals surface area contributed by atoms with Crippen LogP contribution in [0.2, 0.25) is 0 Å². The van der Waals surface area contributed by atoms with Crippen LogP contribution in [-0.4, -0.2) is 20.0 Å². The minimum Gasteiger partial charge on any atom is -0.489 e. The van der Waals surface area contributed by atoms with Gasteiger partial charge < -0.3 is 15.0 Å². The second-order valence-electron chi connectivity index (χ2n) is 6.55. The maximum atomic E-state index is 12.4. The molecule has 4 heteroatoms. The molecule has 0 aliphatic rings. The van der Waals surface area contributed by atoms with Gasteiger partial charge in [0.15, 0.2) is 0 Å². The van der Waals surface area contributed by atoms with Crippen LogP contribution in [0.1, 0.15) is 21.5 Å². The van der Waals surface area contributed by atoms with Crippen LogP contribution in [0.3, 0.4) is 0 Å². The highest BCUT2D eigenvalue weighted by Crippen LogP contribution is 2.16. The Morgan fingerprint density at radius 1 is 0.889 bits per heavy atom. The number of nitrogens with zero attached hydrogens (tertiary/aromatic N) is 1. The lowest BCUT2D eigenvalue weighted by Gasteiger charge is -2.13. The summed E-state index contributed by atoms with van der Waals surface area (Å²) < 4.78 is 5.80. The lowest BCUT2D eigenvalue weighted by molar-refractivity contribution is 0.0950. The summed E-state index contributed by atoms with van der Waals surface area (Å²) >= 11 is 0. The summed E-state index contributed by atoms with van der Waals surface area (Å²) in [6.07, 6.45) is 0. The highest BCUT2D eigenvalue weighted by molar-refractivity contribution is 5.94. The van der Waals surface area contributed by atoms with E-state index in [4.69, 9.17) is 4.74 Å². The molecule has 3 aromatic carbocycles. The van der Waals surface area contributed by atoms with Crippen molar-refractivity contribution in [3.63, 3.8) is 0 Å². The van der Waals surface area contributed by atoms with Crippen LogP contribution in [0.4, 0.5) is 5.69 Å². The molecule has 0 radical (unpaired) electrons. The minimum atomic E-state index is -0.114. The maximum absolute atomic E-state index is 12.4. The Bertz CT molecular complexity index is 874. The van der Waals surface area contributed by atoms with Crippen molar-refractivity contribution < 1.29 is 9.53 Å². The van der Waals surface area contributed by atoms with Gasteiger partial charge in [-0.25, -0.2) is 0 Å². The molecule has 0 aliphatic carbocycles. The molecule has 27 heavy (non-hydrogen) atoms. The number of rotatable bonds is 7. The van der Waals surface area contributed by atoms with Crippen LogP contribution in [0.25, 0.3) is 0 Å². The Morgan fingerprint density at radius 2 is 1.63 bits per heavy atom. The van der Waals surface area contributed by atoms with E-state index in [0.29, 0.717) is 24.5 Å².